The fourth-order valence-corrected chi connectivity index (χ4v) is 2.20. The van der Waals surface area contributed by atoms with Crippen LogP contribution in [-0.4, -0.2) is 18.6 Å². The second-order valence-electron chi connectivity index (χ2n) is 1.18. The van der Waals surface area contributed by atoms with Gasteiger partial charge in [-0.15, -0.1) is 0 Å². The Morgan fingerprint density at radius 2 is 1.18 bits per heavy atom. The lowest BCUT2D eigenvalue weighted by atomic mass is 15.6. The molecule has 0 aromatic carbocycles. The van der Waals surface area contributed by atoms with Crippen molar-refractivity contribution < 1.29 is 36.3 Å². The summed E-state index contributed by atoms with van der Waals surface area (Å²) in [6, 6.07) is 0. The van der Waals surface area contributed by atoms with Gasteiger partial charge in [-0.3, -0.25) is 0 Å². The highest BCUT2D eigenvalue weighted by Gasteiger charge is 2.42. The van der Waals surface area contributed by atoms with Gasteiger partial charge in [-0.2, -0.15) is 0 Å². The van der Waals surface area contributed by atoms with E-state index in [2.05, 4.69) is 8.43 Å². The van der Waals surface area contributed by atoms with E-state index in [0.29, 0.717) is 0 Å². The monoisotopic (exact) mass is 220 g/mol. The van der Waals surface area contributed by atoms with Crippen LogP contribution in [0.1, 0.15) is 0 Å². The first-order valence-corrected chi connectivity index (χ1v) is 5.85. The molecule has 11 heteroatoms. The van der Waals surface area contributed by atoms with E-state index in [-0.39, 0.29) is 0 Å². The van der Waals surface area contributed by atoms with E-state index >= 15 is 0 Å². The van der Waals surface area contributed by atoms with Gasteiger partial charge in [-0.1, -0.05) is 0 Å². The Bertz CT molecular complexity index is 215. The molecule has 2 N–H and O–H groups in total. The Morgan fingerprint density at radius 1 is 0.909 bits per heavy atom. The van der Waals surface area contributed by atoms with Crippen molar-refractivity contribution in [3.8, 4) is 0 Å². The maximum absolute atomic E-state index is 9.65. The molecule has 11 heavy (non-hydrogen) atoms. The molecule has 0 saturated heterocycles. The van der Waals surface area contributed by atoms with Crippen molar-refractivity contribution in [2.45, 2.75) is 0 Å². The Hall–Kier alpha value is -0.143. The van der Waals surface area contributed by atoms with Gasteiger partial charge in [0, 0.05) is 0 Å². The van der Waals surface area contributed by atoms with Gasteiger partial charge in [-0.05, 0) is 0 Å². The molecule has 64 valence electrons. The van der Waals surface area contributed by atoms with Crippen molar-refractivity contribution in [2.24, 2.45) is 0 Å². The van der Waals surface area contributed by atoms with E-state index in [4.69, 9.17) is 9.59 Å². The average molecular weight is 220 g/mol. The highest BCUT2D eigenvalue weighted by Crippen LogP contribution is 2.19. The lowest BCUT2D eigenvalue weighted by Gasteiger charge is -2.04. The minimum Gasteiger partial charge on any atom is -0.367 e. The highest BCUT2D eigenvalue weighted by atomic mass is 31.1. The minimum atomic E-state index is -5.02. The molecule has 0 rings (SSSR count). The zero-order chi connectivity index (χ0) is 9.07. The van der Waals surface area contributed by atoms with Crippen molar-refractivity contribution in [3.63, 3.8) is 0 Å². The molecule has 0 fully saturated rings. The summed E-state index contributed by atoms with van der Waals surface area (Å²) in [5.41, 5.74) is 0. The molecule has 8 nitrogen and oxygen atoms in total. The molecular formula is H2O8P2Si. The van der Waals surface area contributed by atoms with Crippen LogP contribution in [0.3, 0.4) is 0 Å². The lowest BCUT2D eigenvalue weighted by Crippen LogP contribution is -2.37. The van der Waals surface area contributed by atoms with Crippen molar-refractivity contribution in [3.05, 3.63) is 0 Å². The van der Waals surface area contributed by atoms with Crippen LogP contribution in [-0.2, 0) is 26.7 Å². The van der Waals surface area contributed by atoms with Crippen molar-refractivity contribution in [1.82, 2.24) is 0 Å². The topological polar surface area (TPSA) is 127 Å². The Labute approximate surface area is 62.1 Å². The van der Waals surface area contributed by atoms with Crippen molar-refractivity contribution in [1.29, 1.82) is 0 Å². The van der Waals surface area contributed by atoms with E-state index in [9.17, 15) is 18.3 Å². The molecule has 0 aliphatic rings. The number of hydrogen-bond acceptors (Lipinski definition) is 8. The summed E-state index contributed by atoms with van der Waals surface area (Å²) in [6.45, 7) is 0. The van der Waals surface area contributed by atoms with Crippen LogP contribution in [0, 0.1) is 0 Å². The molecule has 0 heterocycles. The number of rotatable bonds is 4. The SMILES string of the molecule is O=P(=O)O[Si](O)(O)OP(=O)=O. The first-order chi connectivity index (χ1) is 4.83. The molecule has 0 aromatic heterocycles. The third-order valence-electron chi connectivity index (χ3n) is 0.387. The zero-order valence-corrected chi connectivity index (χ0v) is 7.53. The van der Waals surface area contributed by atoms with Gasteiger partial charge in [0.1, 0.15) is 0 Å². The molecule has 0 unspecified atom stereocenters. The van der Waals surface area contributed by atoms with Crippen LogP contribution in [0.15, 0.2) is 0 Å². The Morgan fingerprint density at radius 3 is 1.36 bits per heavy atom. The summed E-state index contributed by atoms with van der Waals surface area (Å²) in [6.07, 6.45) is 0. The second kappa shape index (κ2) is 4.03. The Balaban J connectivity index is 4.21. The van der Waals surface area contributed by atoms with Crippen LogP contribution >= 0.6 is 15.8 Å². The molecular weight excluding hydrogens is 218 g/mol. The molecule has 0 amide bonds. The third-order valence-corrected chi connectivity index (χ3v) is 3.48. The van der Waals surface area contributed by atoms with E-state index in [0.717, 1.165) is 0 Å². The van der Waals surface area contributed by atoms with Crippen molar-refractivity contribution in [2.75, 3.05) is 0 Å². The van der Waals surface area contributed by atoms with Crippen LogP contribution in [0.2, 0.25) is 0 Å². The minimum absolute atomic E-state index is 3.35. The molecule has 0 atom stereocenters. The van der Waals surface area contributed by atoms with E-state index in [1.165, 1.54) is 0 Å². The molecule has 0 aromatic rings. The molecule has 0 spiro atoms. The fraction of sp³-hybridized carbons (Fsp3) is 0. The zero-order valence-electron chi connectivity index (χ0n) is 4.74. The smallest absolute Gasteiger partial charge is 0.367 e. The van der Waals surface area contributed by atoms with Crippen LogP contribution in [0.5, 0.6) is 0 Å². The fourth-order valence-electron chi connectivity index (χ4n) is 0.211. The molecule has 0 bridgehead atoms. The molecule has 0 radical (unpaired) electrons. The van der Waals surface area contributed by atoms with Crippen molar-refractivity contribution >= 4 is 24.9 Å². The van der Waals surface area contributed by atoms with Gasteiger partial charge in [0.2, 0.25) is 0 Å². The Kier molecular flexibility index (Phi) is 3.97. The summed E-state index contributed by atoms with van der Waals surface area (Å²) in [7, 11) is -12.1. The summed E-state index contributed by atoms with van der Waals surface area (Å²) in [5, 5.41) is 0. The lowest BCUT2D eigenvalue weighted by molar-refractivity contribution is 0.143. The molecule has 0 aliphatic heterocycles. The van der Waals surface area contributed by atoms with E-state index in [1.807, 2.05) is 0 Å². The summed E-state index contributed by atoms with van der Waals surface area (Å²) < 4.78 is 45.3. The first kappa shape index (κ1) is 10.9. The van der Waals surface area contributed by atoms with E-state index < -0.39 is 24.9 Å². The van der Waals surface area contributed by atoms with Gasteiger partial charge in [0.25, 0.3) is 0 Å². The average Bonchev–Trinajstić information content (AvgIpc) is 1.53. The highest BCUT2D eigenvalue weighted by molar-refractivity contribution is 7.29. The van der Waals surface area contributed by atoms with E-state index in [1.54, 1.807) is 0 Å². The summed E-state index contributed by atoms with van der Waals surface area (Å²) >= 11 is 0. The van der Waals surface area contributed by atoms with Crippen LogP contribution in [0.4, 0.5) is 0 Å². The number of hydrogen-bond donors (Lipinski definition) is 2. The predicted octanol–water partition coefficient (Wildman–Crippen LogP) is -0.384. The van der Waals surface area contributed by atoms with Gasteiger partial charge < -0.3 is 9.59 Å². The van der Waals surface area contributed by atoms with Gasteiger partial charge >= 0.3 is 24.9 Å². The first-order valence-electron chi connectivity index (χ1n) is 1.95. The summed E-state index contributed by atoms with van der Waals surface area (Å²) in [4.78, 5) is 16.7. The largest absolute Gasteiger partial charge is 0.698 e. The molecule has 0 saturated carbocycles. The maximum Gasteiger partial charge on any atom is 0.698 e. The van der Waals surface area contributed by atoms with Gasteiger partial charge in [-0.25, -0.2) is 26.7 Å². The van der Waals surface area contributed by atoms with Gasteiger partial charge in [0.05, 0.1) is 0 Å². The second-order valence-corrected chi connectivity index (χ2v) is 4.63. The standard InChI is InChI=1S/H2O8P2Si/c1-9(2)7-11(5,6)8-10(3)4/h5-6H. The summed E-state index contributed by atoms with van der Waals surface area (Å²) in [5.74, 6) is 0. The van der Waals surface area contributed by atoms with Crippen LogP contribution in [0.25, 0.3) is 0 Å². The normalized spacial score (nSPS) is 11.1. The van der Waals surface area contributed by atoms with Crippen LogP contribution < -0.4 is 0 Å². The maximum atomic E-state index is 9.65. The quantitative estimate of drug-likeness (QED) is 0.484. The predicted molar refractivity (Wildman–Crippen MR) is 28.9 cm³/mol. The van der Waals surface area contributed by atoms with Gasteiger partial charge in [0.15, 0.2) is 0 Å². The third kappa shape index (κ3) is 6.26. The molecule has 0 aliphatic carbocycles.